The highest BCUT2D eigenvalue weighted by Crippen LogP contribution is 2.35. The van der Waals surface area contributed by atoms with Crippen molar-refractivity contribution in [2.45, 2.75) is 19.9 Å². The number of ether oxygens (including phenoxy) is 2. The summed E-state index contributed by atoms with van der Waals surface area (Å²) < 4.78 is 11.4. The number of methoxy groups -OCH3 is 1. The summed E-state index contributed by atoms with van der Waals surface area (Å²) in [6.07, 6.45) is 0. The summed E-state index contributed by atoms with van der Waals surface area (Å²) in [6, 6.07) is 5.54. The number of hydrogen-bond donors (Lipinski definition) is 2. The lowest BCUT2D eigenvalue weighted by Crippen LogP contribution is -2.35. The van der Waals surface area contributed by atoms with E-state index in [2.05, 4.69) is 5.32 Å². The summed E-state index contributed by atoms with van der Waals surface area (Å²) in [6.45, 7) is 4.94. The van der Waals surface area contributed by atoms with E-state index >= 15 is 0 Å². The van der Waals surface area contributed by atoms with E-state index in [-0.39, 0.29) is 11.9 Å². The second kappa shape index (κ2) is 6.78. The molecule has 0 aliphatic rings. The van der Waals surface area contributed by atoms with Crippen molar-refractivity contribution in [2.24, 2.45) is 0 Å². The molecule has 5 nitrogen and oxygen atoms in total. The van der Waals surface area contributed by atoms with Gasteiger partial charge in [-0.2, -0.15) is 0 Å². The molecule has 0 bridgehead atoms. The molecule has 1 aromatic heterocycles. The summed E-state index contributed by atoms with van der Waals surface area (Å²) >= 11 is 1.37. The lowest BCUT2D eigenvalue weighted by atomic mass is 10.2. The number of benzene rings is 1. The van der Waals surface area contributed by atoms with Crippen molar-refractivity contribution in [1.29, 1.82) is 0 Å². The third-order valence-corrected chi connectivity index (χ3v) is 4.26. The average Bonchev–Trinajstić information content (AvgIpc) is 2.81. The van der Waals surface area contributed by atoms with Crippen LogP contribution in [0.3, 0.4) is 0 Å². The summed E-state index contributed by atoms with van der Waals surface area (Å²) in [4.78, 5) is 12.8. The largest absolute Gasteiger partial charge is 0.497 e. The Labute approximate surface area is 128 Å². The SMILES string of the molecule is CCOCC(C)NC(=O)c1sc2cc(OC)ccc2c1N. The van der Waals surface area contributed by atoms with Crippen molar-refractivity contribution in [1.82, 2.24) is 5.32 Å². The van der Waals surface area contributed by atoms with Gasteiger partial charge < -0.3 is 20.5 Å². The predicted molar refractivity (Wildman–Crippen MR) is 86.2 cm³/mol. The van der Waals surface area contributed by atoms with Crippen molar-refractivity contribution in [2.75, 3.05) is 26.1 Å². The average molecular weight is 308 g/mol. The number of nitrogens with one attached hydrogen (secondary N) is 1. The first kappa shape index (κ1) is 15.6. The second-order valence-electron chi connectivity index (χ2n) is 4.74. The van der Waals surface area contributed by atoms with E-state index in [0.29, 0.717) is 23.8 Å². The second-order valence-corrected chi connectivity index (χ2v) is 5.79. The number of anilines is 1. The van der Waals surface area contributed by atoms with Crippen LogP contribution in [-0.2, 0) is 4.74 Å². The molecular formula is C15H20N2O3S. The molecule has 21 heavy (non-hydrogen) atoms. The number of nitrogen functional groups attached to an aromatic ring is 1. The first-order chi connectivity index (χ1) is 10.1. The predicted octanol–water partition coefficient (Wildman–Crippen LogP) is 2.65. The number of carbonyl (C=O) groups excluding carboxylic acids is 1. The highest BCUT2D eigenvalue weighted by molar-refractivity contribution is 7.21. The Bertz CT molecular complexity index is 639. The molecule has 0 saturated carbocycles. The van der Waals surface area contributed by atoms with Gasteiger partial charge in [0, 0.05) is 22.7 Å². The van der Waals surface area contributed by atoms with Crippen molar-refractivity contribution in [3.05, 3.63) is 23.1 Å². The van der Waals surface area contributed by atoms with Crippen molar-refractivity contribution >= 4 is 33.0 Å². The molecule has 6 heteroatoms. The monoisotopic (exact) mass is 308 g/mol. The van der Waals surface area contributed by atoms with Gasteiger partial charge in [0.15, 0.2) is 0 Å². The van der Waals surface area contributed by atoms with Gasteiger partial charge in [-0.05, 0) is 32.0 Å². The Hall–Kier alpha value is -1.79. The molecule has 0 radical (unpaired) electrons. The smallest absolute Gasteiger partial charge is 0.263 e. The Morgan fingerprint density at radius 1 is 1.48 bits per heavy atom. The molecule has 3 N–H and O–H groups in total. The Kier molecular flexibility index (Phi) is 5.03. The van der Waals surface area contributed by atoms with Crippen LogP contribution in [-0.4, -0.2) is 32.3 Å². The quantitative estimate of drug-likeness (QED) is 0.860. The molecular weight excluding hydrogens is 288 g/mol. The first-order valence-corrected chi connectivity index (χ1v) is 7.63. The molecule has 1 unspecified atom stereocenters. The minimum atomic E-state index is -0.167. The number of fused-ring (bicyclic) bond motifs is 1. The number of hydrogen-bond acceptors (Lipinski definition) is 5. The van der Waals surface area contributed by atoms with Gasteiger partial charge in [0.1, 0.15) is 10.6 Å². The number of nitrogens with two attached hydrogens (primary N) is 1. The summed E-state index contributed by atoms with van der Waals surface area (Å²) in [7, 11) is 1.61. The maximum atomic E-state index is 12.3. The van der Waals surface area contributed by atoms with Crippen LogP contribution in [0.5, 0.6) is 5.75 Å². The van der Waals surface area contributed by atoms with Crippen LogP contribution in [0.1, 0.15) is 23.5 Å². The molecule has 1 heterocycles. The lowest BCUT2D eigenvalue weighted by Gasteiger charge is -2.13. The van der Waals surface area contributed by atoms with Crippen molar-refractivity contribution in [3.63, 3.8) is 0 Å². The number of thiophene rings is 1. The van der Waals surface area contributed by atoms with Gasteiger partial charge in [0.2, 0.25) is 0 Å². The molecule has 1 amide bonds. The molecule has 1 atom stereocenters. The fourth-order valence-corrected chi connectivity index (χ4v) is 3.07. The van der Waals surface area contributed by atoms with Crippen molar-refractivity contribution < 1.29 is 14.3 Å². The molecule has 1 aromatic carbocycles. The third kappa shape index (κ3) is 3.46. The van der Waals surface area contributed by atoms with E-state index < -0.39 is 0 Å². The van der Waals surface area contributed by atoms with E-state index in [1.54, 1.807) is 7.11 Å². The number of amides is 1. The fourth-order valence-electron chi connectivity index (χ4n) is 2.02. The van der Waals surface area contributed by atoms with Crippen LogP contribution < -0.4 is 15.8 Å². The molecule has 2 aromatic rings. The van der Waals surface area contributed by atoms with Crippen LogP contribution in [0.25, 0.3) is 10.1 Å². The van der Waals surface area contributed by atoms with E-state index in [1.165, 1.54) is 11.3 Å². The summed E-state index contributed by atoms with van der Waals surface area (Å²) in [5, 5.41) is 3.77. The van der Waals surface area contributed by atoms with Gasteiger partial charge in [-0.1, -0.05) is 0 Å². The van der Waals surface area contributed by atoms with Gasteiger partial charge in [-0.15, -0.1) is 11.3 Å². The molecule has 0 spiro atoms. The lowest BCUT2D eigenvalue weighted by molar-refractivity contribution is 0.0876. The zero-order valence-corrected chi connectivity index (χ0v) is 13.3. The van der Waals surface area contributed by atoms with Gasteiger partial charge in [-0.3, -0.25) is 4.79 Å². The Morgan fingerprint density at radius 3 is 2.90 bits per heavy atom. The highest BCUT2D eigenvalue weighted by atomic mass is 32.1. The number of rotatable bonds is 6. The Balaban J connectivity index is 2.21. The molecule has 114 valence electrons. The molecule has 0 fully saturated rings. The van der Waals surface area contributed by atoms with E-state index in [9.17, 15) is 4.79 Å². The Morgan fingerprint density at radius 2 is 2.24 bits per heavy atom. The van der Waals surface area contributed by atoms with Gasteiger partial charge in [0.05, 0.1) is 19.4 Å². The van der Waals surface area contributed by atoms with Crippen LogP contribution in [0.15, 0.2) is 18.2 Å². The van der Waals surface area contributed by atoms with Crippen molar-refractivity contribution in [3.8, 4) is 5.75 Å². The zero-order chi connectivity index (χ0) is 15.4. The van der Waals surface area contributed by atoms with Crippen LogP contribution >= 0.6 is 11.3 Å². The standard InChI is InChI=1S/C15H20N2O3S/c1-4-20-8-9(2)17-15(18)14-13(16)11-6-5-10(19-3)7-12(11)21-14/h5-7,9H,4,8,16H2,1-3H3,(H,17,18). The highest BCUT2D eigenvalue weighted by Gasteiger charge is 2.18. The number of carbonyl (C=O) groups is 1. The fraction of sp³-hybridized carbons (Fsp3) is 0.400. The molecule has 0 aliphatic heterocycles. The zero-order valence-electron chi connectivity index (χ0n) is 12.4. The van der Waals surface area contributed by atoms with E-state index in [1.807, 2.05) is 32.0 Å². The minimum Gasteiger partial charge on any atom is -0.497 e. The maximum absolute atomic E-state index is 12.3. The maximum Gasteiger partial charge on any atom is 0.263 e. The van der Waals surface area contributed by atoms with Gasteiger partial charge in [0.25, 0.3) is 5.91 Å². The van der Waals surface area contributed by atoms with Gasteiger partial charge in [-0.25, -0.2) is 0 Å². The minimum absolute atomic E-state index is 0.0587. The van der Waals surface area contributed by atoms with E-state index in [4.69, 9.17) is 15.2 Å². The first-order valence-electron chi connectivity index (χ1n) is 6.81. The van der Waals surface area contributed by atoms with E-state index in [0.717, 1.165) is 15.8 Å². The van der Waals surface area contributed by atoms with Crippen LogP contribution in [0, 0.1) is 0 Å². The molecule has 0 saturated heterocycles. The van der Waals surface area contributed by atoms with Crippen LogP contribution in [0.4, 0.5) is 5.69 Å². The normalized spacial score (nSPS) is 12.3. The topological polar surface area (TPSA) is 73.6 Å². The third-order valence-electron chi connectivity index (χ3n) is 3.09. The summed E-state index contributed by atoms with van der Waals surface area (Å²) in [5.74, 6) is 0.584. The van der Waals surface area contributed by atoms with Crippen LogP contribution in [0.2, 0.25) is 0 Å². The summed E-state index contributed by atoms with van der Waals surface area (Å²) in [5.41, 5.74) is 6.60. The molecule has 2 rings (SSSR count). The van der Waals surface area contributed by atoms with Gasteiger partial charge >= 0.3 is 0 Å². The molecule has 0 aliphatic carbocycles.